The predicted molar refractivity (Wildman–Crippen MR) is 81.5 cm³/mol. The van der Waals surface area contributed by atoms with Crippen LogP contribution in [0.15, 0.2) is 18.7 Å². The number of hydrogen-bond donors (Lipinski definition) is 2. The van der Waals surface area contributed by atoms with E-state index in [9.17, 15) is 0 Å². The molecule has 1 aliphatic rings. The van der Waals surface area contributed by atoms with Crippen LogP contribution < -0.4 is 10.6 Å². The summed E-state index contributed by atoms with van der Waals surface area (Å²) in [6.07, 6.45) is 7.53. The third-order valence-electron chi connectivity index (χ3n) is 3.69. The van der Waals surface area contributed by atoms with Crippen LogP contribution >= 0.6 is 0 Å². The fourth-order valence-corrected chi connectivity index (χ4v) is 2.16. The first-order valence-corrected chi connectivity index (χ1v) is 7.48. The van der Waals surface area contributed by atoms with Gasteiger partial charge in [-0.3, -0.25) is 4.57 Å². The molecule has 0 spiro atoms. The second kappa shape index (κ2) is 6.07. The molecule has 7 heteroatoms. The molecule has 2 N–H and O–H groups in total. The first-order valence-electron chi connectivity index (χ1n) is 7.48. The number of rotatable bonds is 7. The molecule has 0 aliphatic heterocycles. The summed E-state index contributed by atoms with van der Waals surface area (Å²) in [5.74, 6) is 3.34. The van der Waals surface area contributed by atoms with Crippen molar-refractivity contribution in [3.8, 4) is 5.95 Å². The zero-order valence-electron chi connectivity index (χ0n) is 12.5. The molecule has 2 unspecified atom stereocenters. The monoisotopic (exact) mass is 287 g/mol. The summed E-state index contributed by atoms with van der Waals surface area (Å²) in [6, 6.07) is 0. The van der Waals surface area contributed by atoms with Crippen molar-refractivity contribution in [1.82, 2.24) is 24.5 Å². The van der Waals surface area contributed by atoms with Gasteiger partial charge in [0.15, 0.2) is 0 Å². The Labute approximate surface area is 124 Å². The van der Waals surface area contributed by atoms with Gasteiger partial charge in [0.2, 0.25) is 17.8 Å². The predicted octanol–water partition coefficient (Wildman–Crippen LogP) is 1.95. The largest absolute Gasteiger partial charge is 0.354 e. The van der Waals surface area contributed by atoms with E-state index in [0.717, 1.165) is 31.3 Å². The van der Waals surface area contributed by atoms with Gasteiger partial charge < -0.3 is 10.6 Å². The molecule has 0 aromatic carbocycles. The lowest BCUT2D eigenvalue weighted by atomic mass is 10.3. The van der Waals surface area contributed by atoms with Gasteiger partial charge in [0.25, 0.3) is 0 Å². The molecular formula is C14H21N7. The van der Waals surface area contributed by atoms with Crippen LogP contribution in [0.5, 0.6) is 0 Å². The lowest BCUT2D eigenvalue weighted by Crippen LogP contribution is -2.14. The van der Waals surface area contributed by atoms with E-state index in [4.69, 9.17) is 0 Å². The van der Waals surface area contributed by atoms with Crippen LogP contribution in [0.1, 0.15) is 26.7 Å². The maximum Gasteiger partial charge on any atom is 0.241 e. The molecular weight excluding hydrogens is 266 g/mol. The van der Waals surface area contributed by atoms with Crippen LogP contribution in [0.4, 0.5) is 11.9 Å². The van der Waals surface area contributed by atoms with E-state index in [-0.39, 0.29) is 0 Å². The van der Waals surface area contributed by atoms with Crippen molar-refractivity contribution in [2.75, 3.05) is 23.7 Å². The summed E-state index contributed by atoms with van der Waals surface area (Å²) < 4.78 is 1.78. The van der Waals surface area contributed by atoms with Crippen molar-refractivity contribution < 1.29 is 0 Å². The minimum Gasteiger partial charge on any atom is -0.354 e. The molecule has 0 saturated heterocycles. The van der Waals surface area contributed by atoms with E-state index in [0.29, 0.717) is 17.8 Å². The Morgan fingerprint density at radius 1 is 1.24 bits per heavy atom. The average molecular weight is 287 g/mol. The third-order valence-corrected chi connectivity index (χ3v) is 3.69. The summed E-state index contributed by atoms with van der Waals surface area (Å²) in [5, 5.41) is 6.53. The fourth-order valence-electron chi connectivity index (χ4n) is 2.16. The second-order valence-corrected chi connectivity index (χ2v) is 5.53. The number of hydrogen-bond acceptors (Lipinski definition) is 6. The van der Waals surface area contributed by atoms with E-state index in [2.05, 4.69) is 44.4 Å². The number of nitrogens with one attached hydrogen (secondary N) is 2. The van der Waals surface area contributed by atoms with Crippen molar-refractivity contribution in [2.24, 2.45) is 11.8 Å². The Balaban J connectivity index is 1.78. The smallest absolute Gasteiger partial charge is 0.241 e. The van der Waals surface area contributed by atoms with Gasteiger partial charge >= 0.3 is 0 Å². The highest BCUT2D eigenvalue weighted by molar-refractivity contribution is 5.38. The molecule has 2 aromatic rings. The number of anilines is 2. The van der Waals surface area contributed by atoms with Crippen LogP contribution in [0.3, 0.4) is 0 Å². The highest BCUT2D eigenvalue weighted by atomic mass is 15.3. The Morgan fingerprint density at radius 3 is 2.62 bits per heavy atom. The van der Waals surface area contributed by atoms with Crippen molar-refractivity contribution in [3.05, 3.63) is 18.7 Å². The molecule has 1 aliphatic carbocycles. The van der Waals surface area contributed by atoms with Crippen LogP contribution in [0.2, 0.25) is 0 Å². The summed E-state index contributed by atoms with van der Waals surface area (Å²) in [7, 11) is 0. The molecule has 1 saturated carbocycles. The topological polar surface area (TPSA) is 80.5 Å². The zero-order chi connectivity index (χ0) is 14.7. The number of imidazole rings is 1. The molecule has 1 fully saturated rings. The molecule has 2 aromatic heterocycles. The average Bonchev–Trinajstić information content (AvgIpc) is 2.98. The maximum atomic E-state index is 4.46. The van der Waals surface area contributed by atoms with Crippen LogP contribution in [0, 0.1) is 11.8 Å². The minimum absolute atomic E-state index is 0.576. The fraction of sp³-hybridized carbons (Fsp3) is 0.571. The Hall–Kier alpha value is -2.18. The van der Waals surface area contributed by atoms with Gasteiger partial charge in [-0.05, 0) is 24.7 Å². The summed E-state index contributed by atoms with van der Waals surface area (Å²) in [4.78, 5) is 17.3. The minimum atomic E-state index is 0.576. The van der Waals surface area contributed by atoms with Gasteiger partial charge in [-0.1, -0.05) is 13.8 Å². The normalized spacial score (nSPS) is 20.3. The summed E-state index contributed by atoms with van der Waals surface area (Å²) in [5.41, 5.74) is 0. The third kappa shape index (κ3) is 3.48. The van der Waals surface area contributed by atoms with Gasteiger partial charge in [-0.25, -0.2) is 4.98 Å². The lowest BCUT2D eigenvalue weighted by Gasteiger charge is -2.09. The van der Waals surface area contributed by atoms with Crippen LogP contribution in [-0.4, -0.2) is 37.6 Å². The summed E-state index contributed by atoms with van der Waals surface area (Å²) >= 11 is 0. The second-order valence-electron chi connectivity index (χ2n) is 5.53. The number of aromatic nitrogens is 5. The first-order chi connectivity index (χ1) is 10.3. The van der Waals surface area contributed by atoms with Crippen LogP contribution in [0.25, 0.3) is 5.95 Å². The van der Waals surface area contributed by atoms with Crippen molar-refractivity contribution in [1.29, 1.82) is 0 Å². The SMILES string of the molecule is CCCNc1nc(NCC2CC2C)nc(-n2ccnc2)n1. The Bertz CT molecular complexity index is 581. The molecule has 2 atom stereocenters. The van der Waals surface area contributed by atoms with Gasteiger partial charge in [-0.2, -0.15) is 15.0 Å². The maximum absolute atomic E-state index is 4.46. The molecule has 21 heavy (non-hydrogen) atoms. The quantitative estimate of drug-likeness (QED) is 0.810. The lowest BCUT2D eigenvalue weighted by molar-refractivity contribution is 0.776. The standard InChI is InChI=1S/C14H21N7/c1-3-4-16-12-18-13(17-8-11-7-10(11)2)20-14(19-12)21-6-5-15-9-21/h5-6,9-11H,3-4,7-8H2,1-2H3,(H2,16,17,18,19,20). The van der Waals surface area contributed by atoms with Gasteiger partial charge in [0.05, 0.1) is 0 Å². The first kappa shape index (κ1) is 13.8. The number of nitrogens with zero attached hydrogens (tertiary/aromatic N) is 5. The Morgan fingerprint density at radius 2 is 2.00 bits per heavy atom. The molecule has 112 valence electrons. The molecule has 3 rings (SSSR count). The van der Waals surface area contributed by atoms with Gasteiger partial charge in [0.1, 0.15) is 6.33 Å². The van der Waals surface area contributed by atoms with Crippen molar-refractivity contribution in [3.63, 3.8) is 0 Å². The zero-order valence-corrected chi connectivity index (χ0v) is 12.5. The molecule has 2 heterocycles. The molecule has 7 nitrogen and oxygen atoms in total. The molecule has 0 amide bonds. The molecule has 0 bridgehead atoms. The van der Waals surface area contributed by atoms with Gasteiger partial charge in [0, 0.05) is 25.5 Å². The molecule has 0 radical (unpaired) electrons. The van der Waals surface area contributed by atoms with E-state index in [1.807, 2.05) is 6.20 Å². The highest BCUT2D eigenvalue weighted by Crippen LogP contribution is 2.37. The summed E-state index contributed by atoms with van der Waals surface area (Å²) in [6.45, 7) is 6.14. The highest BCUT2D eigenvalue weighted by Gasteiger charge is 2.32. The van der Waals surface area contributed by atoms with E-state index >= 15 is 0 Å². The van der Waals surface area contributed by atoms with E-state index in [1.165, 1.54) is 6.42 Å². The van der Waals surface area contributed by atoms with Crippen molar-refractivity contribution in [2.45, 2.75) is 26.7 Å². The van der Waals surface area contributed by atoms with Crippen LogP contribution in [-0.2, 0) is 0 Å². The Kier molecular flexibility index (Phi) is 3.98. The van der Waals surface area contributed by atoms with Crippen molar-refractivity contribution >= 4 is 11.9 Å². The van der Waals surface area contributed by atoms with E-state index in [1.54, 1.807) is 17.1 Å². The van der Waals surface area contributed by atoms with Gasteiger partial charge in [-0.15, -0.1) is 0 Å². The van der Waals surface area contributed by atoms with E-state index < -0.39 is 0 Å².